The predicted molar refractivity (Wildman–Crippen MR) is 68.8 cm³/mol. The van der Waals surface area contributed by atoms with E-state index in [-0.39, 0.29) is 18.1 Å². The molecular weight excluding hydrogens is 252 g/mol. The molecule has 2 heterocycles. The highest BCUT2D eigenvalue weighted by atomic mass is 32.1. The molecule has 1 aliphatic rings. The van der Waals surface area contributed by atoms with Gasteiger partial charge in [0.2, 0.25) is 5.13 Å². The van der Waals surface area contributed by atoms with E-state index < -0.39 is 0 Å². The molecule has 1 saturated heterocycles. The lowest BCUT2D eigenvalue weighted by Gasteiger charge is -2.31. The van der Waals surface area contributed by atoms with Crippen LogP contribution in [0.1, 0.15) is 18.9 Å². The van der Waals surface area contributed by atoms with Gasteiger partial charge in [0.1, 0.15) is 30.3 Å². The van der Waals surface area contributed by atoms with Crippen molar-refractivity contribution >= 4 is 22.4 Å². The molecule has 0 radical (unpaired) electrons. The van der Waals surface area contributed by atoms with Gasteiger partial charge in [-0.3, -0.25) is 10.1 Å². The molecule has 2 rings (SSSR count). The number of hydrogen-bond acceptors (Lipinski definition) is 5. The van der Waals surface area contributed by atoms with Gasteiger partial charge in [-0.2, -0.15) is 0 Å². The minimum Gasteiger partial charge on any atom is -0.364 e. The number of morpholine rings is 1. The molecule has 0 aromatic carbocycles. The zero-order valence-corrected chi connectivity index (χ0v) is 11.7. The Kier molecular flexibility index (Phi) is 4.26. The third-order valence-corrected chi connectivity index (χ3v) is 3.55. The van der Waals surface area contributed by atoms with Crippen molar-refractivity contribution < 1.29 is 14.4 Å². The van der Waals surface area contributed by atoms with Crippen LogP contribution in [0.3, 0.4) is 0 Å². The minimum atomic E-state index is -0.0116. The van der Waals surface area contributed by atoms with Crippen molar-refractivity contribution in [1.82, 2.24) is 10.2 Å². The summed E-state index contributed by atoms with van der Waals surface area (Å²) in [6.45, 7) is 8.14. The number of carbonyl (C=O) groups excluding carboxylic acids is 1. The molecule has 0 spiro atoms. The Labute approximate surface area is 110 Å². The number of anilines is 1. The van der Waals surface area contributed by atoms with Gasteiger partial charge in [0.05, 0.1) is 0 Å². The maximum Gasteiger partial charge on any atom is 0.281 e. The molecule has 18 heavy (non-hydrogen) atoms. The van der Waals surface area contributed by atoms with E-state index in [2.05, 4.69) is 15.5 Å². The van der Waals surface area contributed by atoms with Gasteiger partial charge in [-0.25, -0.2) is 0 Å². The summed E-state index contributed by atoms with van der Waals surface area (Å²) in [4.78, 5) is 13.1. The molecule has 7 heteroatoms. The fourth-order valence-corrected chi connectivity index (χ4v) is 2.88. The molecule has 1 fully saturated rings. The molecule has 1 aromatic rings. The molecule has 0 unspecified atom stereocenters. The van der Waals surface area contributed by atoms with Gasteiger partial charge in [-0.1, -0.05) is 11.3 Å². The number of hydrogen-bond donors (Lipinski definition) is 2. The van der Waals surface area contributed by atoms with E-state index in [1.807, 2.05) is 20.8 Å². The van der Waals surface area contributed by atoms with E-state index in [1.54, 1.807) is 0 Å². The van der Waals surface area contributed by atoms with E-state index in [0.717, 1.165) is 18.1 Å². The van der Waals surface area contributed by atoms with Crippen molar-refractivity contribution in [3.8, 4) is 0 Å². The zero-order chi connectivity index (χ0) is 13.1. The van der Waals surface area contributed by atoms with Crippen LogP contribution in [-0.4, -0.2) is 47.9 Å². The molecule has 0 saturated carbocycles. The Morgan fingerprint density at radius 2 is 2.11 bits per heavy atom. The standard InChI is InChI=1S/C11H18N4O2S/c1-7-4-15(5-8(2)17-7)6-10(16)12-11-14-13-9(3)18-11/h7-8H,4-6H2,1-3H3,(H,12,14,16)/p+1/t7-,8-/m0/s1. The largest absolute Gasteiger partial charge is 0.364 e. The first-order valence-electron chi connectivity index (χ1n) is 6.12. The summed E-state index contributed by atoms with van der Waals surface area (Å²) in [6.07, 6.45) is 0.417. The SMILES string of the molecule is Cc1nnc(NC(=O)C[NH+]2C[C@H](C)O[C@@H](C)C2)s1. The molecule has 1 aromatic heterocycles. The van der Waals surface area contributed by atoms with Gasteiger partial charge in [0, 0.05) is 0 Å². The number of amides is 1. The third-order valence-electron chi connectivity index (χ3n) is 2.80. The molecule has 1 amide bonds. The summed E-state index contributed by atoms with van der Waals surface area (Å²) < 4.78 is 5.65. The van der Waals surface area contributed by atoms with Gasteiger partial charge in [0.15, 0.2) is 6.54 Å². The van der Waals surface area contributed by atoms with Gasteiger partial charge in [-0.05, 0) is 20.8 Å². The number of ether oxygens (including phenoxy) is 1. The summed E-state index contributed by atoms with van der Waals surface area (Å²) >= 11 is 1.39. The van der Waals surface area contributed by atoms with Crippen LogP contribution < -0.4 is 10.2 Å². The Morgan fingerprint density at radius 1 is 1.44 bits per heavy atom. The first-order valence-corrected chi connectivity index (χ1v) is 6.93. The first kappa shape index (κ1) is 13.4. The average Bonchev–Trinajstić information content (AvgIpc) is 2.61. The second-order valence-corrected chi connectivity index (χ2v) is 5.95. The molecule has 0 bridgehead atoms. The summed E-state index contributed by atoms with van der Waals surface area (Å²) in [5, 5.41) is 12.0. The zero-order valence-electron chi connectivity index (χ0n) is 10.9. The van der Waals surface area contributed by atoms with Crippen LogP contribution in [0.2, 0.25) is 0 Å². The molecule has 2 N–H and O–H groups in total. The second-order valence-electron chi connectivity index (χ2n) is 4.77. The van der Waals surface area contributed by atoms with Gasteiger partial charge in [0.25, 0.3) is 5.91 Å². The van der Waals surface area contributed by atoms with Crippen molar-refractivity contribution in [3.05, 3.63) is 5.01 Å². The lowest BCUT2D eigenvalue weighted by atomic mass is 10.2. The first-order chi connectivity index (χ1) is 8.52. The van der Waals surface area contributed by atoms with Gasteiger partial charge >= 0.3 is 0 Å². The van der Waals surface area contributed by atoms with Crippen LogP contribution in [-0.2, 0) is 9.53 Å². The fourth-order valence-electron chi connectivity index (χ4n) is 2.27. The number of rotatable bonds is 3. The quantitative estimate of drug-likeness (QED) is 0.776. The fraction of sp³-hybridized carbons (Fsp3) is 0.727. The number of nitrogens with one attached hydrogen (secondary N) is 2. The number of nitrogens with zero attached hydrogens (tertiary/aromatic N) is 2. The number of aromatic nitrogens is 2. The Hall–Kier alpha value is -1.05. The van der Waals surface area contributed by atoms with Crippen LogP contribution in [0.25, 0.3) is 0 Å². The summed E-state index contributed by atoms with van der Waals surface area (Å²) in [5.74, 6) is -0.0116. The molecule has 1 aliphatic heterocycles. The lowest BCUT2D eigenvalue weighted by Crippen LogP contribution is -3.16. The van der Waals surface area contributed by atoms with Crippen LogP contribution in [0.4, 0.5) is 5.13 Å². The Balaban J connectivity index is 1.83. The van der Waals surface area contributed by atoms with Crippen LogP contribution in [0, 0.1) is 6.92 Å². The number of carbonyl (C=O) groups is 1. The van der Waals surface area contributed by atoms with E-state index in [1.165, 1.54) is 16.2 Å². The number of quaternary nitrogens is 1. The normalized spacial score (nSPS) is 28.1. The van der Waals surface area contributed by atoms with E-state index in [9.17, 15) is 4.79 Å². The predicted octanol–water partition coefficient (Wildman–Crippen LogP) is -0.523. The topological polar surface area (TPSA) is 68.5 Å². The summed E-state index contributed by atoms with van der Waals surface area (Å²) in [6, 6.07) is 0. The Bertz CT molecular complexity index is 413. The van der Waals surface area contributed by atoms with E-state index >= 15 is 0 Å². The minimum absolute atomic E-state index is 0.0116. The van der Waals surface area contributed by atoms with Crippen molar-refractivity contribution in [2.45, 2.75) is 33.0 Å². The third kappa shape index (κ3) is 3.72. The smallest absolute Gasteiger partial charge is 0.281 e. The average molecular weight is 271 g/mol. The highest BCUT2D eigenvalue weighted by Gasteiger charge is 2.27. The second kappa shape index (κ2) is 5.73. The molecule has 6 nitrogen and oxygen atoms in total. The van der Waals surface area contributed by atoms with Crippen LogP contribution in [0.5, 0.6) is 0 Å². The molecular formula is C11H19N4O2S+. The van der Waals surface area contributed by atoms with Crippen molar-refractivity contribution in [1.29, 1.82) is 0 Å². The molecule has 0 aliphatic carbocycles. The van der Waals surface area contributed by atoms with E-state index in [4.69, 9.17) is 4.74 Å². The van der Waals surface area contributed by atoms with Crippen LogP contribution >= 0.6 is 11.3 Å². The van der Waals surface area contributed by atoms with Crippen molar-refractivity contribution in [3.63, 3.8) is 0 Å². The Morgan fingerprint density at radius 3 is 2.67 bits per heavy atom. The highest BCUT2D eigenvalue weighted by Crippen LogP contribution is 2.12. The molecule has 100 valence electrons. The van der Waals surface area contributed by atoms with Gasteiger partial charge in [-0.15, -0.1) is 10.2 Å². The van der Waals surface area contributed by atoms with Crippen molar-refractivity contribution in [2.75, 3.05) is 25.0 Å². The summed E-state index contributed by atoms with van der Waals surface area (Å²) in [7, 11) is 0. The van der Waals surface area contributed by atoms with E-state index in [0.29, 0.717) is 11.7 Å². The van der Waals surface area contributed by atoms with Crippen LogP contribution in [0.15, 0.2) is 0 Å². The lowest BCUT2D eigenvalue weighted by molar-refractivity contribution is -0.907. The number of aryl methyl sites for hydroxylation is 1. The summed E-state index contributed by atoms with van der Waals surface area (Å²) in [5.41, 5.74) is 0. The highest BCUT2D eigenvalue weighted by molar-refractivity contribution is 7.15. The van der Waals surface area contributed by atoms with Crippen molar-refractivity contribution in [2.24, 2.45) is 0 Å². The van der Waals surface area contributed by atoms with Gasteiger partial charge < -0.3 is 9.64 Å². The molecule has 2 atom stereocenters. The maximum absolute atomic E-state index is 11.9. The maximum atomic E-state index is 11.9. The monoisotopic (exact) mass is 271 g/mol.